The summed E-state index contributed by atoms with van der Waals surface area (Å²) in [6, 6.07) is 11.9. The Morgan fingerprint density at radius 3 is 2.46 bits per heavy atom. The van der Waals surface area contributed by atoms with E-state index in [1.165, 1.54) is 9.21 Å². The summed E-state index contributed by atoms with van der Waals surface area (Å²) in [5.74, 6) is -1.35. The highest BCUT2D eigenvalue weighted by Crippen LogP contribution is 2.44. The maximum Gasteiger partial charge on any atom is 0.326 e. The van der Waals surface area contributed by atoms with Crippen LogP contribution in [0.25, 0.3) is 10.9 Å². The summed E-state index contributed by atoms with van der Waals surface area (Å²) in [6.07, 6.45) is 1.64. The van der Waals surface area contributed by atoms with E-state index >= 15 is 0 Å². The summed E-state index contributed by atoms with van der Waals surface area (Å²) in [4.78, 5) is 31.0. The number of aromatic amines is 1. The van der Waals surface area contributed by atoms with E-state index in [0.29, 0.717) is 25.8 Å². The van der Waals surface area contributed by atoms with Gasteiger partial charge in [0.1, 0.15) is 12.1 Å². The SMILES string of the molecule is Cc1ccc(S(=O)(=O)N2[C@H](C(=O)N3CCC[C@H]3C(=O)O)Cc3c([nH]c4ccccc34)[C@@H]2CC(C)C)cc1. The molecule has 0 aliphatic carbocycles. The van der Waals surface area contributed by atoms with E-state index in [4.69, 9.17) is 0 Å². The molecule has 3 atom stereocenters. The van der Waals surface area contributed by atoms with E-state index in [-0.39, 0.29) is 17.2 Å². The first-order valence-corrected chi connectivity index (χ1v) is 14.3. The fourth-order valence-corrected chi connectivity index (χ4v) is 7.61. The van der Waals surface area contributed by atoms with Crippen molar-refractivity contribution >= 4 is 32.8 Å². The van der Waals surface area contributed by atoms with Crippen LogP contribution in [0.4, 0.5) is 0 Å². The predicted molar refractivity (Wildman–Crippen MR) is 141 cm³/mol. The third-order valence-electron chi connectivity index (χ3n) is 7.59. The highest BCUT2D eigenvalue weighted by Gasteiger charge is 2.49. The van der Waals surface area contributed by atoms with E-state index in [2.05, 4.69) is 4.98 Å². The van der Waals surface area contributed by atoms with Gasteiger partial charge in [-0.25, -0.2) is 13.2 Å². The average Bonchev–Trinajstić information content (AvgIpc) is 3.49. The van der Waals surface area contributed by atoms with Gasteiger partial charge in [-0.05, 0) is 55.9 Å². The monoisotopic (exact) mass is 523 g/mol. The van der Waals surface area contributed by atoms with Gasteiger partial charge in [0, 0.05) is 29.6 Å². The zero-order valence-corrected chi connectivity index (χ0v) is 22.2. The van der Waals surface area contributed by atoms with Crippen LogP contribution in [0.1, 0.15) is 56.0 Å². The Kier molecular flexibility index (Phi) is 6.62. The second-order valence-corrected chi connectivity index (χ2v) is 12.4. The zero-order valence-electron chi connectivity index (χ0n) is 21.3. The highest BCUT2D eigenvalue weighted by molar-refractivity contribution is 7.89. The summed E-state index contributed by atoms with van der Waals surface area (Å²) >= 11 is 0. The van der Waals surface area contributed by atoms with Crippen LogP contribution in [-0.2, 0) is 26.0 Å². The van der Waals surface area contributed by atoms with E-state index < -0.39 is 40.0 Å². The van der Waals surface area contributed by atoms with E-state index in [9.17, 15) is 23.1 Å². The van der Waals surface area contributed by atoms with Crippen LogP contribution in [0.3, 0.4) is 0 Å². The molecule has 0 unspecified atom stereocenters. The van der Waals surface area contributed by atoms with Gasteiger partial charge in [0.05, 0.1) is 10.9 Å². The van der Waals surface area contributed by atoms with Crippen molar-refractivity contribution in [3.05, 3.63) is 65.4 Å². The zero-order chi connectivity index (χ0) is 26.5. The molecule has 3 heterocycles. The Balaban J connectivity index is 1.70. The Bertz CT molecular complexity index is 1440. The molecule has 0 saturated carbocycles. The third-order valence-corrected chi connectivity index (χ3v) is 9.52. The summed E-state index contributed by atoms with van der Waals surface area (Å²) in [6.45, 7) is 6.26. The molecule has 3 aromatic rings. The smallest absolute Gasteiger partial charge is 0.326 e. The predicted octanol–water partition coefficient (Wildman–Crippen LogP) is 4.25. The number of nitrogens with zero attached hydrogens (tertiary/aromatic N) is 2. The number of aromatic nitrogens is 1. The number of hydrogen-bond acceptors (Lipinski definition) is 4. The number of H-pyrrole nitrogens is 1. The number of carbonyl (C=O) groups excluding carboxylic acids is 1. The Labute approximate surface area is 217 Å². The standard InChI is InChI=1S/C28H33N3O5S/c1-17(2)15-24-26-21(20-7-4-5-8-22(20)29-26)16-25(27(32)30-14-6-9-23(30)28(33)34)31(24)37(35,36)19-12-10-18(3)11-13-19/h4-5,7-8,10-13,17,23-25,29H,6,9,14-16H2,1-3H3,(H,33,34)/t23-,24-,25-/m0/s1. The summed E-state index contributed by atoms with van der Waals surface area (Å²) in [5.41, 5.74) is 3.57. The van der Waals surface area contributed by atoms with Crippen LogP contribution in [0.2, 0.25) is 0 Å². The van der Waals surface area contributed by atoms with Crippen LogP contribution in [0.5, 0.6) is 0 Å². The van der Waals surface area contributed by atoms with E-state index in [1.54, 1.807) is 24.3 Å². The molecular formula is C28H33N3O5S. The fraction of sp³-hybridized carbons (Fsp3) is 0.429. The van der Waals surface area contributed by atoms with Crippen LogP contribution < -0.4 is 0 Å². The van der Waals surface area contributed by atoms with Gasteiger partial charge in [0.15, 0.2) is 0 Å². The lowest BCUT2D eigenvalue weighted by molar-refractivity contribution is -0.150. The largest absolute Gasteiger partial charge is 0.480 e. The number of fused-ring (bicyclic) bond motifs is 3. The number of carboxylic acid groups (broad SMARTS) is 1. The second kappa shape index (κ2) is 9.61. The van der Waals surface area contributed by atoms with Gasteiger partial charge in [-0.15, -0.1) is 0 Å². The molecule has 1 aromatic heterocycles. The van der Waals surface area contributed by atoms with Crippen molar-refractivity contribution in [3.63, 3.8) is 0 Å². The number of nitrogens with one attached hydrogen (secondary N) is 1. The molecule has 1 saturated heterocycles. The Morgan fingerprint density at radius 1 is 1.08 bits per heavy atom. The van der Waals surface area contributed by atoms with Gasteiger partial charge in [-0.3, -0.25) is 4.79 Å². The molecule has 8 nitrogen and oxygen atoms in total. The van der Waals surface area contributed by atoms with Crippen molar-refractivity contribution in [3.8, 4) is 0 Å². The fourth-order valence-electron chi connectivity index (χ4n) is 5.86. The number of likely N-dealkylation sites (tertiary alicyclic amines) is 1. The molecule has 2 N–H and O–H groups in total. The minimum atomic E-state index is -4.10. The number of hydrogen-bond donors (Lipinski definition) is 2. The molecule has 0 radical (unpaired) electrons. The molecular weight excluding hydrogens is 490 g/mol. The molecule has 196 valence electrons. The maximum absolute atomic E-state index is 14.3. The van der Waals surface area contributed by atoms with Crippen molar-refractivity contribution in [2.24, 2.45) is 5.92 Å². The third kappa shape index (κ3) is 4.44. The Hall–Kier alpha value is -3.17. The van der Waals surface area contributed by atoms with Gasteiger partial charge < -0.3 is 15.0 Å². The summed E-state index contributed by atoms with van der Waals surface area (Å²) in [5, 5.41) is 10.7. The molecule has 9 heteroatoms. The number of carboxylic acids is 1. The number of aryl methyl sites for hydroxylation is 1. The number of aliphatic carboxylic acids is 1. The molecule has 0 bridgehead atoms. The molecule has 2 aliphatic heterocycles. The molecule has 1 amide bonds. The number of sulfonamides is 1. The van der Waals surface area contributed by atoms with Crippen LogP contribution >= 0.6 is 0 Å². The molecule has 5 rings (SSSR count). The summed E-state index contributed by atoms with van der Waals surface area (Å²) in [7, 11) is -4.10. The van der Waals surface area contributed by atoms with Gasteiger partial charge >= 0.3 is 5.97 Å². The molecule has 1 fully saturated rings. The molecule has 0 spiro atoms. The first kappa shape index (κ1) is 25.5. The van der Waals surface area contributed by atoms with E-state index in [0.717, 1.165) is 27.7 Å². The maximum atomic E-state index is 14.3. The van der Waals surface area contributed by atoms with Gasteiger partial charge in [0.25, 0.3) is 0 Å². The van der Waals surface area contributed by atoms with Crippen LogP contribution in [-0.4, -0.2) is 58.2 Å². The highest BCUT2D eigenvalue weighted by atomic mass is 32.2. The first-order chi connectivity index (χ1) is 17.6. The van der Waals surface area contributed by atoms with Crippen molar-refractivity contribution in [1.82, 2.24) is 14.2 Å². The number of para-hydroxylation sites is 1. The number of carbonyl (C=O) groups is 2. The van der Waals surface area contributed by atoms with Crippen molar-refractivity contribution in [2.75, 3.05) is 6.54 Å². The minimum absolute atomic E-state index is 0.125. The lowest BCUT2D eigenvalue weighted by atomic mass is 9.89. The minimum Gasteiger partial charge on any atom is -0.480 e. The van der Waals surface area contributed by atoms with Crippen LogP contribution in [0, 0.1) is 12.8 Å². The van der Waals surface area contributed by atoms with Gasteiger partial charge in [0.2, 0.25) is 15.9 Å². The number of rotatable bonds is 6. The molecule has 37 heavy (non-hydrogen) atoms. The molecule has 2 aliphatic rings. The number of amides is 1. The lowest BCUT2D eigenvalue weighted by Crippen LogP contribution is -2.57. The van der Waals surface area contributed by atoms with Gasteiger partial charge in [-0.1, -0.05) is 49.7 Å². The lowest BCUT2D eigenvalue weighted by Gasteiger charge is -2.42. The first-order valence-electron chi connectivity index (χ1n) is 12.8. The average molecular weight is 524 g/mol. The summed E-state index contributed by atoms with van der Waals surface area (Å²) < 4.78 is 29.9. The topological polar surface area (TPSA) is 111 Å². The van der Waals surface area contributed by atoms with Crippen molar-refractivity contribution in [1.29, 1.82) is 0 Å². The second-order valence-electron chi connectivity index (χ2n) is 10.6. The quantitative estimate of drug-likeness (QED) is 0.502. The van der Waals surface area contributed by atoms with Gasteiger partial charge in [-0.2, -0.15) is 4.31 Å². The van der Waals surface area contributed by atoms with Crippen molar-refractivity contribution in [2.45, 2.75) is 69.5 Å². The van der Waals surface area contributed by atoms with Crippen LogP contribution in [0.15, 0.2) is 53.4 Å². The Morgan fingerprint density at radius 2 is 1.78 bits per heavy atom. The van der Waals surface area contributed by atoms with E-state index in [1.807, 2.05) is 45.0 Å². The normalized spacial score (nSPS) is 22.5. The molecule has 2 aromatic carbocycles. The number of benzene rings is 2. The van der Waals surface area contributed by atoms with Crippen molar-refractivity contribution < 1.29 is 23.1 Å².